The smallest absolute Gasteiger partial charge is 0.386 e. The SMILES string of the molecule is CC(=O)CC(=O)SCCNC(=O)CCNC(=O)C(O)C(C)(C)COP(=O)(O)OP(=O)(O)OC[C@@H]1O[C@H](n2cnc3c(N)ncnc32)[C@@H](O)[C@H]1OP(=O)(O)O. The topological polar surface area (TPSA) is 381 Å². The van der Waals surface area contributed by atoms with Crippen molar-refractivity contribution in [3.05, 3.63) is 12.7 Å². The lowest BCUT2D eigenvalue weighted by molar-refractivity contribution is -0.137. The van der Waals surface area contributed by atoms with E-state index in [1.54, 1.807) is 0 Å². The number of ether oxygens (including phenoxy) is 1. The molecule has 3 heterocycles. The van der Waals surface area contributed by atoms with E-state index in [2.05, 4.69) is 34.4 Å². The van der Waals surface area contributed by atoms with Gasteiger partial charge in [0.1, 0.15) is 42.0 Å². The summed E-state index contributed by atoms with van der Waals surface area (Å²) in [6, 6.07) is 0. The Morgan fingerprint density at radius 2 is 1.72 bits per heavy atom. The largest absolute Gasteiger partial charge is 0.481 e. The maximum Gasteiger partial charge on any atom is 0.481 e. The average Bonchev–Trinajstić information content (AvgIpc) is 3.60. The van der Waals surface area contributed by atoms with Crippen LogP contribution >= 0.6 is 35.2 Å². The molecule has 29 heteroatoms. The molecular weight excluding hydrogens is 811 g/mol. The van der Waals surface area contributed by atoms with Gasteiger partial charge >= 0.3 is 23.5 Å². The van der Waals surface area contributed by atoms with Crippen LogP contribution in [0.3, 0.4) is 0 Å². The maximum atomic E-state index is 12.6. The predicted molar refractivity (Wildman–Crippen MR) is 182 cm³/mol. The Labute approximate surface area is 310 Å². The van der Waals surface area contributed by atoms with Crippen molar-refractivity contribution in [1.29, 1.82) is 0 Å². The minimum Gasteiger partial charge on any atom is -0.386 e. The summed E-state index contributed by atoms with van der Waals surface area (Å²) in [6.07, 6.45) is -7.24. The number of hydrogen-bond donors (Lipinski definition) is 9. The van der Waals surface area contributed by atoms with Gasteiger partial charge in [-0.3, -0.25) is 37.3 Å². The van der Waals surface area contributed by atoms with Crippen molar-refractivity contribution in [3.8, 4) is 0 Å². The van der Waals surface area contributed by atoms with Gasteiger partial charge < -0.3 is 50.9 Å². The predicted octanol–water partition coefficient (Wildman–Crippen LogP) is -1.36. The molecule has 25 nitrogen and oxygen atoms in total. The number of rotatable bonds is 21. The second-order valence-corrected chi connectivity index (χ2v) is 17.6. The first-order valence-corrected chi connectivity index (χ1v) is 21.0. The first-order chi connectivity index (χ1) is 24.9. The Morgan fingerprint density at radius 1 is 1.06 bits per heavy atom. The highest BCUT2D eigenvalue weighted by Crippen LogP contribution is 2.61. The zero-order valence-corrected chi connectivity index (χ0v) is 32.2. The van der Waals surface area contributed by atoms with E-state index < -0.39 is 84.6 Å². The fourth-order valence-corrected chi connectivity index (χ4v) is 8.12. The number of aliphatic hydroxyl groups is 2. The number of imidazole rings is 1. The molecule has 10 N–H and O–H groups in total. The van der Waals surface area contributed by atoms with E-state index in [1.807, 2.05) is 0 Å². The van der Waals surface area contributed by atoms with Gasteiger partial charge in [-0.1, -0.05) is 25.6 Å². The third-order valence-corrected chi connectivity index (χ3v) is 11.1. The monoisotopic (exact) mass is 851 g/mol. The molecular formula is C25H40N7O18P3S. The number of aliphatic hydroxyl groups excluding tert-OH is 2. The molecule has 304 valence electrons. The molecule has 1 aliphatic rings. The number of Topliss-reactive ketones (excluding diaryl/α,β-unsaturated/α-hetero) is 1. The van der Waals surface area contributed by atoms with Gasteiger partial charge in [0.05, 0.1) is 26.0 Å². The first-order valence-electron chi connectivity index (χ1n) is 15.5. The normalized spacial score (nSPS) is 21.9. The van der Waals surface area contributed by atoms with Gasteiger partial charge in [0.2, 0.25) is 11.8 Å². The summed E-state index contributed by atoms with van der Waals surface area (Å²) in [7, 11) is -16.4. The number of nitrogens with zero attached hydrogens (tertiary/aromatic N) is 4. The number of amides is 2. The fourth-order valence-electron chi connectivity index (χ4n) is 4.55. The summed E-state index contributed by atoms with van der Waals surface area (Å²) >= 11 is 0.878. The van der Waals surface area contributed by atoms with E-state index in [9.17, 15) is 62.7 Å². The second kappa shape index (κ2) is 18.9. The number of phosphoric acid groups is 3. The summed E-state index contributed by atoms with van der Waals surface area (Å²) < 4.78 is 61.9. The number of thioether (sulfide) groups is 1. The number of ketones is 1. The lowest BCUT2D eigenvalue weighted by Crippen LogP contribution is -2.46. The minimum absolute atomic E-state index is 0.0240. The van der Waals surface area contributed by atoms with E-state index in [-0.39, 0.29) is 59.6 Å². The van der Waals surface area contributed by atoms with Crippen molar-refractivity contribution in [2.45, 2.75) is 64.3 Å². The van der Waals surface area contributed by atoms with E-state index in [1.165, 1.54) is 20.8 Å². The average molecular weight is 852 g/mol. The molecule has 1 fully saturated rings. The number of anilines is 1. The number of phosphoric ester groups is 3. The Balaban J connectivity index is 1.51. The quantitative estimate of drug-likeness (QED) is 0.0398. The number of hydrogen-bond acceptors (Lipinski definition) is 19. The summed E-state index contributed by atoms with van der Waals surface area (Å²) in [5, 5.41) is 25.8. The molecule has 2 aromatic heterocycles. The molecule has 1 saturated heterocycles. The Bertz CT molecular complexity index is 1830. The number of carbonyl (C=O) groups is 4. The molecule has 0 aliphatic carbocycles. The van der Waals surface area contributed by atoms with E-state index in [0.29, 0.717) is 0 Å². The van der Waals surface area contributed by atoms with Crippen molar-refractivity contribution in [1.82, 2.24) is 30.2 Å². The van der Waals surface area contributed by atoms with Crippen LogP contribution in [0.5, 0.6) is 0 Å². The van der Waals surface area contributed by atoms with Crippen LogP contribution in [0, 0.1) is 5.41 Å². The molecule has 2 amide bonds. The Morgan fingerprint density at radius 3 is 2.37 bits per heavy atom. The highest BCUT2D eigenvalue weighted by atomic mass is 32.2. The van der Waals surface area contributed by atoms with Crippen LogP contribution in [-0.2, 0) is 55.5 Å². The fraction of sp³-hybridized carbons (Fsp3) is 0.640. The number of fused-ring (bicyclic) bond motifs is 1. The molecule has 0 spiro atoms. The summed E-state index contributed by atoms with van der Waals surface area (Å²) in [5.74, 6) is -1.61. The lowest BCUT2D eigenvalue weighted by atomic mass is 9.87. The van der Waals surface area contributed by atoms with Gasteiger partial charge in [0.25, 0.3) is 0 Å². The highest BCUT2D eigenvalue weighted by Gasteiger charge is 2.50. The number of nitrogens with one attached hydrogen (secondary N) is 2. The van der Waals surface area contributed by atoms with E-state index in [4.69, 9.17) is 19.5 Å². The number of nitrogens with two attached hydrogens (primary N) is 1. The van der Waals surface area contributed by atoms with Gasteiger partial charge in [0.15, 0.2) is 22.8 Å². The van der Waals surface area contributed by atoms with Crippen molar-refractivity contribution in [2.24, 2.45) is 5.41 Å². The van der Waals surface area contributed by atoms with Gasteiger partial charge in [-0.05, 0) is 6.92 Å². The summed E-state index contributed by atoms with van der Waals surface area (Å²) in [4.78, 5) is 97.7. The maximum absolute atomic E-state index is 12.6. The van der Waals surface area contributed by atoms with Crippen molar-refractivity contribution < 1.29 is 85.3 Å². The first kappa shape index (κ1) is 45.6. The van der Waals surface area contributed by atoms with Gasteiger partial charge in [-0.25, -0.2) is 28.6 Å². The third kappa shape index (κ3) is 13.8. The number of carbonyl (C=O) groups excluding carboxylic acids is 4. The molecule has 3 unspecified atom stereocenters. The van der Waals surface area contributed by atoms with Crippen molar-refractivity contribution in [2.75, 3.05) is 37.8 Å². The van der Waals surface area contributed by atoms with Crippen LogP contribution in [0.2, 0.25) is 0 Å². The van der Waals surface area contributed by atoms with E-state index >= 15 is 0 Å². The molecule has 2 aromatic rings. The standard InChI is InChI=1S/C25H40N7O18P3S/c1-13(33)8-16(35)54-7-6-27-15(34)4-5-28-23(38)20(37)25(2,3)10-47-53(44,45)50-52(42,43)46-9-14-19(49-51(39,40)41)18(36)24(48-14)32-12-31-17-21(26)29-11-30-22(17)32/h11-12,14,18-20,24,36-37H,4-10H2,1-3H3,(H,27,34)(H,28,38)(H,42,43)(H,44,45)(H2,26,29,30)(H2,39,40,41)/t14-,18-,19-,20?,24-/m0/s1. The van der Waals surface area contributed by atoms with Crippen molar-refractivity contribution >= 4 is 74.9 Å². The van der Waals surface area contributed by atoms with Gasteiger partial charge in [-0.2, -0.15) is 4.31 Å². The zero-order chi connectivity index (χ0) is 40.6. The molecule has 3 rings (SSSR count). The molecule has 1 aliphatic heterocycles. The van der Waals surface area contributed by atoms with Crippen LogP contribution in [0.15, 0.2) is 12.7 Å². The van der Waals surface area contributed by atoms with Gasteiger partial charge in [0, 0.05) is 30.7 Å². The van der Waals surface area contributed by atoms with Crippen LogP contribution in [0.4, 0.5) is 5.82 Å². The van der Waals surface area contributed by atoms with Crippen molar-refractivity contribution in [3.63, 3.8) is 0 Å². The Hall–Kier alpha value is -2.77. The Kier molecular flexibility index (Phi) is 16.0. The second-order valence-electron chi connectivity index (χ2n) is 12.2. The van der Waals surface area contributed by atoms with E-state index in [0.717, 1.165) is 29.0 Å². The molecule has 0 aromatic carbocycles. The van der Waals surface area contributed by atoms with Gasteiger partial charge in [-0.15, -0.1) is 0 Å². The molecule has 54 heavy (non-hydrogen) atoms. The molecule has 0 radical (unpaired) electrons. The molecule has 7 atom stereocenters. The van der Waals surface area contributed by atoms with Crippen LogP contribution in [0.1, 0.15) is 39.8 Å². The highest BCUT2D eigenvalue weighted by molar-refractivity contribution is 8.13. The molecule has 0 saturated carbocycles. The van der Waals surface area contributed by atoms with Crippen LogP contribution < -0.4 is 16.4 Å². The zero-order valence-electron chi connectivity index (χ0n) is 28.7. The van der Waals surface area contributed by atoms with Crippen LogP contribution in [0.25, 0.3) is 11.2 Å². The minimum atomic E-state index is -5.58. The summed E-state index contributed by atoms with van der Waals surface area (Å²) in [6.45, 7) is 1.58. The molecule has 0 bridgehead atoms. The van der Waals surface area contributed by atoms with Crippen LogP contribution in [-0.4, -0.2) is 128 Å². The number of aromatic nitrogens is 4. The third-order valence-electron chi connectivity index (χ3n) is 7.16. The summed E-state index contributed by atoms with van der Waals surface area (Å²) in [5.41, 5.74) is 4.22. The number of nitrogen functional groups attached to an aromatic ring is 1. The lowest BCUT2D eigenvalue weighted by Gasteiger charge is -2.30.